The number of hydrazine groups is 1. The molecule has 0 radical (unpaired) electrons. The molecule has 1 N–H and O–H groups in total. The molecule has 5 heteroatoms. The molecule has 1 saturated heterocycles. The molecule has 1 aromatic carbocycles. The molecule has 1 aliphatic heterocycles. The Morgan fingerprint density at radius 2 is 2.18 bits per heavy atom. The summed E-state index contributed by atoms with van der Waals surface area (Å²) < 4.78 is 5.26. The van der Waals surface area contributed by atoms with E-state index in [-0.39, 0.29) is 0 Å². The van der Waals surface area contributed by atoms with Crippen LogP contribution in [0.5, 0.6) is 0 Å². The fourth-order valence-electron chi connectivity index (χ4n) is 1.68. The monoisotopic (exact) mass is 251 g/mol. The number of nitriles is 1. The van der Waals surface area contributed by atoms with Crippen molar-refractivity contribution in [1.29, 1.82) is 5.26 Å². The molecule has 1 heterocycles. The molecule has 0 aromatic heterocycles. The van der Waals surface area contributed by atoms with Crippen LogP contribution in [0.1, 0.15) is 11.1 Å². The number of morpholine rings is 1. The summed E-state index contributed by atoms with van der Waals surface area (Å²) in [5.41, 5.74) is 4.89. The van der Waals surface area contributed by atoms with Crippen molar-refractivity contribution in [3.8, 4) is 6.07 Å². The molecule has 0 atom stereocenters. The van der Waals surface area contributed by atoms with Gasteiger partial charge in [-0.3, -0.25) is 5.43 Å². The van der Waals surface area contributed by atoms with Crippen LogP contribution in [0.2, 0.25) is 5.02 Å². The van der Waals surface area contributed by atoms with Crippen LogP contribution in [0.15, 0.2) is 18.2 Å². The first-order valence-electron chi connectivity index (χ1n) is 5.54. The highest BCUT2D eigenvalue weighted by molar-refractivity contribution is 6.31. The second-order valence-electron chi connectivity index (χ2n) is 3.85. The van der Waals surface area contributed by atoms with E-state index >= 15 is 0 Å². The Morgan fingerprint density at radius 3 is 2.82 bits per heavy atom. The van der Waals surface area contributed by atoms with Gasteiger partial charge in [0.05, 0.1) is 24.8 Å². The predicted octanol–water partition coefficient (Wildman–Crippen LogP) is 1.55. The number of halogens is 1. The molecule has 0 bridgehead atoms. The van der Waals surface area contributed by atoms with E-state index in [1.165, 1.54) is 0 Å². The maximum absolute atomic E-state index is 8.74. The van der Waals surface area contributed by atoms with Gasteiger partial charge in [0, 0.05) is 24.7 Å². The van der Waals surface area contributed by atoms with Crippen molar-refractivity contribution in [2.24, 2.45) is 0 Å². The molecular formula is C12H14ClN3O. The predicted molar refractivity (Wildman–Crippen MR) is 65.4 cm³/mol. The first-order chi connectivity index (χ1) is 8.29. The second kappa shape index (κ2) is 5.99. The number of nitrogens with zero attached hydrogens (tertiary/aromatic N) is 2. The summed E-state index contributed by atoms with van der Waals surface area (Å²) in [5, 5.41) is 11.5. The van der Waals surface area contributed by atoms with Crippen molar-refractivity contribution < 1.29 is 4.74 Å². The summed E-state index contributed by atoms with van der Waals surface area (Å²) in [6, 6.07) is 7.42. The normalized spacial score (nSPS) is 16.7. The smallest absolute Gasteiger partial charge is 0.0992 e. The quantitative estimate of drug-likeness (QED) is 0.886. The van der Waals surface area contributed by atoms with E-state index in [1.807, 2.05) is 6.07 Å². The highest BCUT2D eigenvalue weighted by atomic mass is 35.5. The number of ether oxygens (including phenoxy) is 1. The lowest BCUT2D eigenvalue weighted by atomic mass is 10.1. The van der Waals surface area contributed by atoms with Gasteiger partial charge in [-0.15, -0.1) is 0 Å². The van der Waals surface area contributed by atoms with Gasteiger partial charge >= 0.3 is 0 Å². The molecular weight excluding hydrogens is 238 g/mol. The SMILES string of the molecule is N#Cc1ccc(CNN2CCOCC2)c(Cl)c1. The van der Waals surface area contributed by atoms with Crippen molar-refractivity contribution in [3.63, 3.8) is 0 Å². The molecule has 17 heavy (non-hydrogen) atoms. The van der Waals surface area contributed by atoms with E-state index < -0.39 is 0 Å². The van der Waals surface area contributed by atoms with Crippen LogP contribution in [0, 0.1) is 11.3 Å². The van der Waals surface area contributed by atoms with Gasteiger partial charge in [0.2, 0.25) is 0 Å². The Bertz CT molecular complexity index is 424. The molecule has 0 amide bonds. The van der Waals surface area contributed by atoms with Gasteiger partial charge in [-0.05, 0) is 17.7 Å². The Hall–Kier alpha value is -1.12. The van der Waals surface area contributed by atoms with Gasteiger partial charge in [-0.1, -0.05) is 17.7 Å². The summed E-state index contributed by atoms with van der Waals surface area (Å²) in [6.07, 6.45) is 0. The Kier molecular flexibility index (Phi) is 4.35. The minimum absolute atomic E-state index is 0.588. The molecule has 0 unspecified atom stereocenters. The maximum Gasteiger partial charge on any atom is 0.0992 e. The van der Waals surface area contributed by atoms with Gasteiger partial charge < -0.3 is 4.74 Å². The third kappa shape index (κ3) is 3.42. The molecule has 2 rings (SSSR count). The van der Waals surface area contributed by atoms with Crippen molar-refractivity contribution in [2.75, 3.05) is 26.3 Å². The molecule has 0 aliphatic carbocycles. The molecule has 1 aromatic rings. The molecule has 1 aliphatic rings. The van der Waals surface area contributed by atoms with Crippen LogP contribution in [-0.4, -0.2) is 31.3 Å². The summed E-state index contributed by atoms with van der Waals surface area (Å²) >= 11 is 6.09. The zero-order valence-electron chi connectivity index (χ0n) is 9.45. The molecule has 4 nitrogen and oxygen atoms in total. The summed E-state index contributed by atoms with van der Waals surface area (Å²) in [5.74, 6) is 0. The molecule has 0 spiro atoms. The average molecular weight is 252 g/mol. The highest BCUT2D eigenvalue weighted by Crippen LogP contribution is 2.17. The molecule has 1 fully saturated rings. The van der Waals surface area contributed by atoms with Crippen molar-refractivity contribution in [2.45, 2.75) is 6.54 Å². The maximum atomic E-state index is 8.74. The van der Waals surface area contributed by atoms with Gasteiger partial charge in [0.25, 0.3) is 0 Å². The molecule has 0 saturated carbocycles. The average Bonchev–Trinajstić information content (AvgIpc) is 2.38. The third-order valence-electron chi connectivity index (χ3n) is 2.69. The van der Waals surface area contributed by atoms with Crippen molar-refractivity contribution in [3.05, 3.63) is 34.3 Å². The highest BCUT2D eigenvalue weighted by Gasteiger charge is 2.10. The van der Waals surface area contributed by atoms with Crippen LogP contribution in [-0.2, 0) is 11.3 Å². The van der Waals surface area contributed by atoms with Gasteiger partial charge in [-0.25, -0.2) is 5.01 Å². The van der Waals surface area contributed by atoms with E-state index in [0.717, 1.165) is 31.9 Å². The molecule has 90 valence electrons. The number of hydrogen-bond donors (Lipinski definition) is 1. The zero-order chi connectivity index (χ0) is 12.1. The largest absolute Gasteiger partial charge is 0.379 e. The van der Waals surface area contributed by atoms with E-state index in [0.29, 0.717) is 17.1 Å². The third-order valence-corrected chi connectivity index (χ3v) is 3.04. The van der Waals surface area contributed by atoms with Gasteiger partial charge in [0.1, 0.15) is 0 Å². The minimum atomic E-state index is 0.588. The van der Waals surface area contributed by atoms with Crippen LogP contribution in [0.3, 0.4) is 0 Å². The summed E-state index contributed by atoms with van der Waals surface area (Å²) in [4.78, 5) is 0. The van der Waals surface area contributed by atoms with Crippen LogP contribution < -0.4 is 5.43 Å². The topological polar surface area (TPSA) is 48.3 Å². The fraction of sp³-hybridized carbons (Fsp3) is 0.417. The van der Waals surface area contributed by atoms with E-state index in [2.05, 4.69) is 16.5 Å². The fourth-order valence-corrected chi connectivity index (χ4v) is 1.93. The first kappa shape index (κ1) is 12.3. The van der Waals surface area contributed by atoms with Crippen LogP contribution in [0.4, 0.5) is 0 Å². The summed E-state index contributed by atoms with van der Waals surface area (Å²) in [6.45, 7) is 3.95. The number of nitrogens with one attached hydrogen (secondary N) is 1. The second-order valence-corrected chi connectivity index (χ2v) is 4.26. The van der Waals surface area contributed by atoms with E-state index in [9.17, 15) is 0 Å². The van der Waals surface area contributed by atoms with Crippen LogP contribution >= 0.6 is 11.6 Å². The summed E-state index contributed by atoms with van der Waals surface area (Å²) in [7, 11) is 0. The zero-order valence-corrected chi connectivity index (χ0v) is 10.2. The Labute approximate surface area is 106 Å². The van der Waals surface area contributed by atoms with Gasteiger partial charge in [0.15, 0.2) is 0 Å². The van der Waals surface area contributed by atoms with E-state index in [1.54, 1.807) is 12.1 Å². The van der Waals surface area contributed by atoms with E-state index in [4.69, 9.17) is 21.6 Å². The lowest BCUT2D eigenvalue weighted by molar-refractivity contribution is 0.0106. The lowest BCUT2D eigenvalue weighted by Gasteiger charge is -2.27. The Balaban J connectivity index is 1.92. The van der Waals surface area contributed by atoms with Crippen molar-refractivity contribution in [1.82, 2.24) is 10.4 Å². The number of benzene rings is 1. The lowest BCUT2D eigenvalue weighted by Crippen LogP contribution is -2.45. The Morgan fingerprint density at radius 1 is 1.41 bits per heavy atom. The first-order valence-corrected chi connectivity index (χ1v) is 5.92. The van der Waals surface area contributed by atoms with Crippen molar-refractivity contribution >= 4 is 11.6 Å². The van der Waals surface area contributed by atoms with Crippen LogP contribution in [0.25, 0.3) is 0 Å². The standard InChI is InChI=1S/C12H14ClN3O/c13-12-7-10(8-14)1-2-11(12)9-15-16-3-5-17-6-4-16/h1-2,7,15H,3-6,9H2. The minimum Gasteiger partial charge on any atom is -0.379 e. The number of hydrogen-bond acceptors (Lipinski definition) is 4. The number of rotatable bonds is 3. The van der Waals surface area contributed by atoms with Gasteiger partial charge in [-0.2, -0.15) is 5.26 Å².